The summed E-state index contributed by atoms with van der Waals surface area (Å²) in [4.78, 5) is 14.1. The smallest absolute Gasteiger partial charge is 0.339 e. The second kappa shape index (κ2) is 7.09. The van der Waals surface area contributed by atoms with Gasteiger partial charge in [0.05, 0.1) is 22.8 Å². The maximum atomic E-state index is 11.8. The number of benzene rings is 1. The predicted octanol–water partition coefficient (Wildman–Crippen LogP) is 3.24. The second-order valence-electron chi connectivity index (χ2n) is 4.76. The molecule has 0 bridgehead atoms. The van der Waals surface area contributed by atoms with Gasteiger partial charge in [-0.3, -0.25) is 0 Å². The summed E-state index contributed by atoms with van der Waals surface area (Å²) in [5.41, 5.74) is 1.61. The van der Waals surface area contributed by atoms with E-state index in [1.165, 1.54) is 7.11 Å². The lowest BCUT2D eigenvalue weighted by molar-refractivity contribution is 0.0599. The summed E-state index contributed by atoms with van der Waals surface area (Å²) in [6, 6.07) is 6.17. The number of esters is 1. The van der Waals surface area contributed by atoms with Crippen molar-refractivity contribution in [2.24, 2.45) is 0 Å². The molecule has 1 aliphatic heterocycles. The minimum absolute atomic E-state index is 0.318. The van der Waals surface area contributed by atoms with Gasteiger partial charge in [-0.2, -0.15) is 0 Å². The highest BCUT2D eigenvalue weighted by molar-refractivity contribution is 9.10. The fourth-order valence-corrected chi connectivity index (χ4v) is 3.29. The summed E-state index contributed by atoms with van der Waals surface area (Å²) in [5.74, 6) is -0.318. The van der Waals surface area contributed by atoms with Gasteiger partial charge in [-0.05, 0) is 47.8 Å². The molecule has 1 heterocycles. The number of methoxy groups -OCH3 is 1. The summed E-state index contributed by atoms with van der Waals surface area (Å²) in [6.07, 6.45) is 2.03. The SMILES string of the molecule is CCN(c1cccc(C(=O)OC)c1Br)C1CCOCC1. The molecule has 1 aromatic rings. The summed E-state index contributed by atoms with van der Waals surface area (Å²) < 4.78 is 11.1. The zero-order chi connectivity index (χ0) is 14.5. The van der Waals surface area contributed by atoms with E-state index in [1.807, 2.05) is 12.1 Å². The van der Waals surface area contributed by atoms with E-state index in [2.05, 4.69) is 27.8 Å². The van der Waals surface area contributed by atoms with Crippen molar-refractivity contribution < 1.29 is 14.3 Å². The molecule has 1 saturated heterocycles. The van der Waals surface area contributed by atoms with Gasteiger partial charge in [-0.15, -0.1) is 0 Å². The van der Waals surface area contributed by atoms with E-state index in [1.54, 1.807) is 6.07 Å². The number of nitrogens with zero attached hydrogens (tertiary/aromatic N) is 1. The molecular formula is C15H20BrNO3. The van der Waals surface area contributed by atoms with Crippen LogP contribution in [0.15, 0.2) is 22.7 Å². The molecule has 1 aliphatic rings. The van der Waals surface area contributed by atoms with Crippen molar-refractivity contribution in [1.82, 2.24) is 0 Å². The first kappa shape index (κ1) is 15.3. The first-order chi connectivity index (χ1) is 9.69. The lowest BCUT2D eigenvalue weighted by Gasteiger charge is -2.36. The average Bonchev–Trinajstić information content (AvgIpc) is 2.50. The highest BCUT2D eigenvalue weighted by Crippen LogP contribution is 2.33. The lowest BCUT2D eigenvalue weighted by atomic mass is 10.1. The number of ether oxygens (including phenoxy) is 2. The molecule has 0 aromatic heterocycles. The number of hydrogen-bond acceptors (Lipinski definition) is 4. The summed E-state index contributed by atoms with van der Waals surface area (Å²) >= 11 is 3.56. The van der Waals surface area contributed by atoms with Crippen molar-refractivity contribution in [1.29, 1.82) is 0 Å². The van der Waals surface area contributed by atoms with E-state index in [-0.39, 0.29) is 5.97 Å². The summed E-state index contributed by atoms with van der Waals surface area (Å²) in [7, 11) is 1.40. The summed E-state index contributed by atoms with van der Waals surface area (Å²) in [5, 5.41) is 0. The zero-order valence-corrected chi connectivity index (χ0v) is 13.5. The Morgan fingerprint density at radius 1 is 1.45 bits per heavy atom. The minimum Gasteiger partial charge on any atom is -0.465 e. The maximum absolute atomic E-state index is 11.8. The topological polar surface area (TPSA) is 38.8 Å². The molecular weight excluding hydrogens is 322 g/mol. The molecule has 1 aromatic carbocycles. The average molecular weight is 342 g/mol. The molecule has 0 spiro atoms. The van der Waals surface area contributed by atoms with Crippen LogP contribution in [-0.2, 0) is 9.47 Å². The molecule has 4 nitrogen and oxygen atoms in total. The molecule has 0 atom stereocenters. The number of rotatable bonds is 4. The van der Waals surface area contributed by atoms with Gasteiger partial charge >= 0.3 is 5.97 Å². The van der Waals surface area contributed by atoms with Crippen LogP contribution in [-0.4, -0.2) is 38.9 Å². The zero-order valence-electron chi connectivity index (χ0n) is 11.9. The third-order valence-corrected chi connectivity index (χ3v) is 4.50. The standard InChI is InChI=1S/C15H20BrNO3/c1-3-17(11-7-9-20-10-8-11)13-6-4-5-12(14(13)16)15(18)19-2/h4-6,11H,3,7-10H2,1-2H3. The Hall–Kier alpha value is -1.07. The third kappa shape index (κ3) is 3.15. The molecule has 20 heavy (non-hydrogen) atoms. The highest BCUT2D eigenvalue weighted by Gasteiger charge is 2.24. The first-order valence-corrected chi connectivity index (χ1v) is 7.69. The minimum atomic E-state index is -0.318. The van der Waals surface area contributed by atoms with Gasteiger partial charge in [0.1, 0.15) is 0 Å². The Morgan fingerprint density at radius 2 is 2.15 bits per heavy atom. The maximum Gasteiger partial charge on any atom is 0.339 e. The van der Waals surface area contributed by atoms with Gasteiger partial charge in [0.15, 0.2) is 0 Å². The Labute approximate surface area is 128 Å². The fraction of sp³-hybridized carbons (Fsp3) is 0.533. The molecule has 110 valence electrons. The van der Waals surface area contributed by atoms with Crippen molar-refractivity contribution >= 4 is 27.6 Å². The van der Waals surface area contributed by atoms with Crippen LogP contribution in [0.3, 0.4) is 0 Å². The van der Waals surface area contributed by atoms with E-state index >= 15 is 0 Å². The van der Waals surface area contributed by atoms with Crippen LogP contribution in [0.5, 0.6) is 0 Å². The Morgan fingerprint density at radius 3 is 2.75 bits per heavy atom. The van der Waals surface area contributed by atoms with E-state index in [0.29, 0.717) is 11.6 Å². The molecule has 0 unspecified atom stereocenters. The van der Waals surface area contributed by atoms with Crippen LogP contribution in [0.25, 0.3) is 0 Å². The van der Waals surface area contributed by atoms with Crippen LogP contribution in [0, 0.1) is 0 Å². The Balaban J connectivity index is 2.31. The van der Waals surface area contributed by atoms with Crippen LogP contribution in [0.2, 0.25) is 0 Å². The van der Waals surface area contributed by atoms with Crippen molar-refractivity contribution in [3.8, 4) is 0 Å². The van der Waals surface area contributed by atoms with Crippen LogP contribution < -0.4 is 4.90 Å². The van der Waals surface area contributed by atoms with Crippen molar-refractivity contribution in [2.45, 2.75) is 25.8 Å². The molecule has 1 fully saturated rings. The fourth-order valence-electron chi connectivity index (χ4n) is 2.63. The molecule has 2 rings (SSSR count). The molecule has 0 radical (unpaired) electrons. The van der Waals surface area contributed by atoms with Crippen LogP contribution in [0.4, 0.5) is 5.69 Å². The van der Waals surface area contributed by atoms with Crippen LogP contribution >= 0.6 is 15.9 Å². The number of carbonyl (C=O) groups is 1. The number of carbonyl (C=O) groups excluding carboxylic acids is 1. The second-order valence-corrected chi connectivity index (χ2v) is 5.55. The molecule has 0 aliphatic carbocycles. The Bertz CT molecular complexity index is 472. The van der Waals surface area contributed by atoms with E-state index in [9.17, 15) is 4.79 Å². The molecule has 0 N–H and O–H groups in total. The van der Waals surface area contributed by atoms with Crippen molar-refractivity contribution in [3.63, 3.8) is 0 Å². The van der Waals surface area contributed by atoms with Crippen molar-refractivity contribution in [2.75, 3.05) is 31.8 Å². The Kier molecular flexibility index (Phi) is 5.43. The molecule has 0 amide bonds. The van der Waals surface area contributed by atoms with E-state index < -0.39 is 0 Å². The monoisotopic (exact) mass is 341 g/mol. The van der Waals surface area contributed by atoms with Gasteiger partial charge in [0, 0.05) is 25.8 Å². The van der Waals surface area contributed by atoms with Crippen molar-refractivity contribution in [3.05, 3.63) is 28.2 Å². The number of hydrogen-bond donors (Lipinski definition) is 0. The molecule has 0 saturated carbocycles. The molecule has 5 heteroatoms. The van der Waals surface area contributed by atoms with E-state index in [0.717, 1.165) is 42.8 Å². The van der Waals surface area contributed by atoms with E-state index in [4.69, 9.17) is 9.47 Å². The number of anilines is 1. The van der Waals surface area contributed by atoms with Gasteiger partial charge in [0.2, 0.25) is 0 Å². The van der Waals surface area contributed by atoms with Gasteiger partial charge < -0.3 is 14.4 Å². The lowest BCUT2D eigenvalue weighted by Crippen LogP contribution is -2.39. The summed E-state index contributed by atoms with van der Waals surface area (Å²) in [6.45, 7) is 4.63. The predicted molar refractivity (Wildman–Crippen MR) is 82.3 cm³/mol. The normalized spacial score (nSPS) is 15.9. The van der Waals surface area contributed by atoms with Gasteiger partial charge in [0.25, 0.3) is 0 Å². The number of halogens is 1. The quantitative estimate of drug-likeness (QED) is 0.788. The van der Waals surface area contributed by atoms with Gasteiger partial charge in [-0.1, -0.05) is 6.07 Å². The third-order valence-electron chi connectivity index (χ3n) is 3.67. The first-order valence-electron chi connectivity index (χ1n) is 6.90. The highest BCUT2D eigenvalue weighted by atomic mass is 79.9. The largest absolute Gasteiger partial charge is 0.465 e. The van der Waals surface area contributed by atoms with Crippen LogP contribution in [0.1, 0.15) is 30.1 Å². The van der Waals surface area contributed by atoms with Gasteiger partial charge in [-0.25, -0.2) is 4.79 Å².